The lowest BCUT2D eigenvalue weighted by Gasteiger charge is -2.25. The number of ether oxygens (including phenoxy) is 3. The van der Waals surface area contributed by atoms with E-state index in [2.05, 4.69) is 5.32 Å². The normalized spacial score (nSPS) is 16.0. The number of benzene rings is 2. The molecule has 2 aromatic rings. The summed E-state index contributed by atoms with van der Waals surface area (Å²) in [6, 6.07) is 11.4. The molecule has 8 nitrogen and oxygen atoms in total. The van der Waals surface area contributed by atoms with E-state index < -0.39 is 15.9 Å². The highest BCUT2D eigenvalue weighted by Gasteiger charge is 2.30. The van der Waals surface area contributed by atoms with Crippen LogP contribution in [0.4, 0.5) is 5.69 Å². The van der Waals surface area contributed by atoms with Gasteiger partial charge >= 0.3 is 0 Å². The van der Waals surface area contributed by atoms with Gasteiger partial charge in [0.25, 0.3) is 10.0 Å². The van der Waals surface area contributed by atoms with Crippen LogP contribution in [0.3, 0.4) is 0 Å². The highest BCUT2D eigenvalue weighted by Crippen LogP contribution is 2.31. The molecule has 2 aromatic carbocycles. The topological polar surface area (TPSA) is 94.2 Å². The predicted octanol–water partition coefficient (Wildman–Crippen LogP) is 2.50. The first-order valence-corrected chi connectivity index (χ1v) is 11.5. The average Bonchev–Trinajstić information content (AvgIpc) is 3.30. The second kappa shape index (κ2) is 10.0. The molecule has 0 radical (unpaired) electrons. The lowest BCUT2D eigenvalue weighted by molar-refractivity contribution is -0.120. The minimum atomic E-state index is -4.10. The first-order valence-electron chi connectivity index (χ1n) is 10.0. The lowest BCUT2D eigenvalue weighted by Crippen LogP contribution is -2.43. The van der Waals surface area contributed by atoms with Crippen LogP contribution >= 0.6 is 0 Å². The van der Waals surface area contributed by atoms with Gasteiger partial charge in [-0.2, -0.15) is 0 Å². The van der Waals surface area contributed by atoms with Gasteiger partial charge in [0, 0.05) is 13.2 Å². The van der Waals surface area contributed by atoms with E-state index in [1.54, 1.807) is 43.3 Å². The zero-order valence-corrected chi connectivity index (χ0v) is 18.8. The number of carbonyl (C=O) groups is 1. The second-order valence-electron chi connectivity index (χ2n) is 7.30. The van der Waals surface area contributed by atoms with E-state index in [1.165, 1.54) is 20.3 Å². The van der Waals surface area contributed by atoms with Crippen LogP contribution in [0.1, 0.15) is 18.4 Å². The minimum Gasteiger partial charge on any atom is -0.497 e. The van der Waals surface area contributed by atoms with E-state index in [4.69, 9.17) is 14.2 Å². The number of aryl methyl sites for hydroxylation is 1. The standard InChI is InChI=1S/C22H28N2O6S/c1-16-6-11-20(29-3)21(13-16)31(26,27)24(17-7-9-18(28-2)10-8-17)15-22(25)23-14-19-5-4-12-30-19/h6-11,13,19H,4-5,12,14-15H2,1-3H3,(H,23,25)/t19-/m0/s1. The van der Waals surface area contributed by atoms with Crippen LogP contribution in [0.15, 0.2) is 47.4 Å². The van der Waals surface area contributed by atoms with Gasteiger partial charge in [0.15, 0.2) is 0 Å². The van der Waals surface area contributed by atoms with Crippen LogP contribution in [0.25, 0.3) is 0 Å². The Bertz CT molecular complexity index is 1000. The number of hydrogen-bond donors (Lipinski definition) is 1. The van der Waals surface area contributed by atoms with Gasteiger partial charge < -0.3 is 19.5 Å². The largest absolute Gasteiger partial charge is 0.497 e. The molecular formula is C22H28N2O6S. The van der Waals surface area contributed by atoms with E-state index >= 15 is 0 Å². The number of hydrogen-bond acceptors (Lipinski definition) is 6. The highest BCUT2D eigenvalue weighted by molar-refractivity contribution is 7.93. The van der Waals surface area contributed by atoms with Crippen molar-refractivity contribution in [2.45, 2.75) is 30.8 Å². The zero-order valence-electron chi connectivity index (χ0n) is 18.0. The molecule has 0 saturated carbocycles. The molecule has 1 aliphatic rings. The van der Waals surface area contributed by atoms with Crippen LogP contribution in [-0.4, -0.2) is 54.3 Å². The van der Waals surface area contributed by atoms with Crippen molar-refractivity contribution < 1.29 is 27.4 Å². The summed E-state index contributed by atoms with van der Waals surface area (Å²) >= 11 is 0. The van der Waals surface area contributed by atoms with Gasteiger partial charge in [-0.15, -0.1) is 0 Å². The van der Waals surface area contributed by atoms with Crippen LogP contribution in [0, 0.1) is 6.92 Å². The fraction of sp³-hybridized carbons (Fsp3) is 0.409. The minimum absolute atomic E-state index is 0.00209. The first kappa shape index (κ1) is 22.9. The van der Waals surface area contributed by atoms with Gasteiger partial charge in [0.05, 0.1) is 26.0 Å². The third-order valence-electron chi connectivity index (χ3n) is 5.09. The van der Waals surface area contributed by atoms with Crippen molar-refractivity contribution in [2.24, 2.45) is 0 Å². The summed E-state index contributed by atoms with van der Waals surface area (Å²) in [5.41, 5.74) is 1.11. The number of methoxy groups -OCH3 is 2. The summed E-state index contributed by atoms with van der Waals surface area (Å²) in [5.74, 6) is 0.377. The molecule has 0 aliphatic carbocycles. The van der Waals surface area contributed by atoms with Gasteiger partial charge in [-0.3, -0.25) is 9.10 Å². The molecule has 1 N–H and O–H groups in total. The summed E-state index contributed by atoms with van der Waals surface area (Å²) in [6.45, 7) is 2.45. The number of anilines is 1. The Morgan fingerprint density at radius 1 is 1.16 bits per heavy atom. The Morgan fingerprint density at radius 3 is 2.52 bits per heavy atom. The van der Waals surface area contributed by atoms with E-state index in [1.807, 2.05) is 0 Å². The van der Waals surface area contributed by atoms with Crippen molar-refractivity contribution >= 4 is 21.6 Å². The van der Waals surface area contributed by atoms with E-state index in [-0.39, 0.29) is 23.3 Å². The fourth-order valence-electron chi connectivity index (χ4n) is 3.39. The maximum absolute atomic E-state index is 13.6. The Kier molecular flexibility index (Phi) is 7.40. The molecule has 1 amide bonds. The molecule has 1 atom stereocenters. The van der Waals surface area contributed by atoms with E-state index in [0.29, 0.717) is 24.6 Å². The second-order valence-corrected chi connectivity index (χ2v) is 9.13. The van der Waals surface area contributed by atoms with Crippen LogP contribution in [0.2, 0.25) is 0 Å². The molecule has 1 fully saturated rings. The van der Waals surface area contributed by atoms with Gasteiger partial charge in [-0.05, 0) is 61.7 Å². The zero-order chi connectivity index (χ0) is 22.4. The molecular weight excluding hydrogens is 420 g/mol. The van der Waals surface area contributed by atoms with Crippen LogP contribution in [-0.2, 0) is 19.6 Å². The quantitative estimate of drug-likeness (QED) is 0.634. The third-order valence-corrected chi connectivity index (χ3v) is 6.88. The molecule has 31 heavy (non-hydrogen) atoms. The predicted molar refractivity (Wildman–Crippen MR) is 117 cm³/mol. The monoisotopic (exact) mass is 448 g/mol. The molecule has 168 valence electrons. The summed E-state index contributed by atoms with van der Waals surface area (Å²) in [6.07, 6.45) is 1.80. The highest BCUT2D eigenvalue weighted by atomic mass is 32.2. The molecule has 1 saturated heterocycles. The number of amides is 1. The first-order chi connectivity index (χ1) is 14.8. The Hall–Kier alpha value is -2.78. The van der Waals surface area contributed by atoms with E-state index in [0.717, 1.165) is 22.7 Å². The maximum Gasteiger partial charge on any atom is 0.268 e. The molecule has 9 heteroatoms. The molecule has 1 heterocycles. The number of carbonyl (C=O) groups excluding carboxylic acids is 1. The lowest BCUT2D eigenvalue weighted by atomic mass is 10.2. The molecule has 0 spiro atoms. The summed E-state index contributed by atoms with van der Waals surface area (Å²) in [7, 11) is -1.16. The molecule has 0 bridgehead atoms. The Labute approximate surface area is 183 Å². The van der Waals surface area contributed by atoms with Gasteiger partial charge in [-0.25, -0.2) is 8.42 Å². The molecule has 0 aromatic heterocycles. The summed E-state index contributed by atoms with van der Waals surface area (Å²) in [5, 5.41) is 2.78. The molecule has 0 unspecified atom stereocenters. The third kappa shape index (κ3) is 5.48. The van der Waals surface area contributed by atoms with Crippen molar-refractivity contribution in [3.05, 3.63) is 48.0 Å². The van der Waals surface area contributed by atoms with Crippen LogP contribution in [0.5, 0.6) is 11.5 Å². The van der Waals surface area contributed by atoms with Crippen molar-refractivity contribution in [1.29, 1.82) is 0 Å². The summed E-state index contributed by atoms with van der Waals surface area (Å²) < 4.78 is 44.3. The Balaban J connectivity index is 1.92. The number of sulfonamides is 1. The average molecular weight is 449 g/mol. The van der Waals surface area contributed by atoms with Gasteiger partial charge in [0.2, 0.25) is 5.91 Å². The fourth-order valence-corrected chi connectivity index (χ4v) is 5.05. The number of nitrogens with one attached hydrogen (secondary N) is 1. The number of rotatable bonds is 9. The maximum atomic E-state index is 13.6. The van der Waals surface area contributed by atoms with Crippen molar-refractivity contribution in [3.63, 3.8) is 0 Å². The van der Waals surface area contributed by atoms with Gasteiger partial charge in [-0.1, -0.05) is 6.07 Å². The smallest absolute Gasteiger partial charge is 0.268 e. The number of nitrogens with zero attached hydrogens (tertiary/aromatic N) is 1. The Morgan fingerprint density at radius 2 is 1.90 bits per heavy atom. The van der Waals surface area contributed by atoms with Crippen molar-refractivity contribution in [2.75, 3.05) is 38.2 Å². The molecule has 3 rings (SSSR count). The van der Waals surface area contributed by atoms with E-state index in [9.17, 15) is 13.2 Å². The SMILES string of the molecule is COc1ccc(N(CC(=O)NC[C@@H]2CCCO2)S(=O)(=O)c2cc(C)ccc2OC)cc1. The molecule has 1 aliphatic heterocycles. The van der Waals surface area contributed by atoms with Gasteiger partial charge in [0.1, 0.15) is 22.9 Å². The van der Waals surface area contributed by atoms with Crippen molar-refractivity contribution in [3.8, 4) is 11.5 Å². The summed E-state index contributed by atoms with van der Waals surface area (Å²) in [4.78, 5) is 12.7. The van der Waals surface area contributed by atoms with Crippen molar-refractivity contribution in [1.82, 2.24) is 5.32 Å². The van der Waals surface area contributed by atoms with Crippen LogP contribution < -0.4 is 19.1 Å².